The van der Waals surface area contributed by atoms with E-state index in [2.05, 4.69) is 70.8 Å². The molecule has 84 valence electrons. The van der Waals surface area contributed by atoms with Crippen LogP contribution in [-0.2, 0) is 0 Å². The van der Waals surface area contributed by atoms with E-state index < -0.39 is 0 Å². The third-order valence-electron chi connectivity index (χ3n) is 2.61. The molecule has 2 aromatic rings. The highest BCUT2D eigenvalue weighted by Gasteiger charge is 2.08. The number of rotatable bonds is 3. The molecule has 0 aliphatic carbocycles. The highest BCUT2D eigenvalue weighted by atomic mass is 79.9. The minimum Gasteiger partial charge on any atom is -0.377 e. The SMILES string of the molecule is Cc1c(Br)cccc1NC(C)c1cccs1. The van der Waals surface area contributed by atoms with Crippen molar-refractivity contribution in [1.82, 2.24) is 0 Å². The molecule has 1 N–H and O–H groups in total. The first-order chi connectivity index (χ1) is 7.68. The van der Waals surface area contributed by atoms with Crippen LogP contribution in [0.4, 0.5) is 5.69 Å². The summed E-state index contributed by atoms with van der Waals surface area (Å²) in [5.41, 5.74) is 2.45. The molecule has 0 radical (unpaired) electrons. The number of nitrogens with one attached hydrogen (secondary N) is 1. The molecule has 3 heteroatoms. The fourth-order valence-electron chi connectivity index (χ4n) is 1.61. The molecule has 2 rings (SSSR count). The zero-order valence-corrected chi connectivity index (χ0v) is 11.7. The van der Waals surface area contributed by atoms with Crippen LogP contribution >= 0.6 is 27.3 Å². The van der Waals surface area contributed by atoms with Crippen molar-refractivity contribution >= 4 is 33.0 Å². The molecule has 0 amide bonds. The van der Waals surface area contributed by atoms with Crippen molar-refractivity contribution < 1.29 is 0 Å². The van der Waals surface area contributed by atoms with Gasteiger partial charge in [-0.15, -0.1) is 11.3 Å². The number of benzene rings is 1. The molecular weight excluding hydrogens is 282 g/mol. The maximum Gasteiger partial charge on any atom is 0.0578 e. The molecule has 0 fully saturated rings. The number of halogens is 1. The summed E-state index contributed by atoms with van der Waals surface area (Å²) in [4.78, 5) is 1.36. The van der Waals surface area contributed by atoms with Crippen molar-refractivity contribution in [3.05, 3.63) is 50.6 Å². The lowest BCUT2D eigenvalue weighted by Crippen LogP contribution is -2.06. The highest BCUT2D eigenvalue weighted by molar-refractivity contribution is 9.10. The fraction of sp³-hybridized carbons (Fsp3) is 0.231. The van der Waals surface area contributed by atoms with E-state index in [1.807, 2.05) is 0 Å². The van der Waals surface area contributed by atoms with Gasteiger partial charge in [0.25, 0.3) is 0 Å². The molecule has 0 bridgehead atoms. The first-order valence-corrected chi connectivity index (χ1v) is 6.91. The van der Waals surface area contributed by atoms with Crippen LogP contribution < -0.4 is 5.32 Å². The van der Waals surface area contributed by atoms with Crippen molar-refractivity contribution in [2.45, 2.75) is 19.9 Å². The molecule has 0 saturated heterocycles. The molecule has 0 aliphatic heterocycles. The number of thiophene rings is 1. The molecular formula is C13H14BrNS. The van der Waals surface area contributed by atoms with E-state index in [0.717, 1.165) is 4.47 Å². The third-order valence-corrected chi connectivity index (χ3v) is 4.52. The summed E-state index contributed by atoms with van der Waals surface area (Å²) in [6.45, 7) is 4.31. The van der Waals surface area contributed by atoms with Gasteiger partial charge in [-0.25, -0.2) is 0 Å². The number of anilines is 1. The first kappa shape index (κ1) is 11.7. The topological polar surface area (TPSA) is 12.0 Å². The van der Waals surface area contributed by atoms with Crippen LogP contribution in [0.25, 0.3) is 0 Å². The summed E-state index contributed by atoms with van der Waals surface area (Å²) in [6.07, 6.45) is 0. The van der Waals surface area contributed by atoms with E-state index in [-0.39, 0.29) is 0 Å². The molecule has 1 aromatic heterocycles. The predicted octanol–water partition coefficient (Wildman–Crippen LogP) is 4.99. The molecule has 16 heavy (non-hydrogen) atoms. The summed E-state index contributed by atoms with van der Waals surface area (Å²) >= 11 is 5.33. The Hall–Kier alpha value is -0.800. The maximum atomic E-state index is 3.55. The van der Waals surface area contributed by atoms with Gasteiger partial charge in [-0.2, -0.15) is 0 Å². The van der Waals surface area contributed by atoms with Crippen molar-refractivity contribution in [3.63, 3.8) is 0 Å². The van der Waals surface area contributed by atoms with Crippen molar-refractivity contribution in [1.29, 1.82) is 0 Å². The van der Waals surface area contributed by atoms with Crippen LogP contribution in [0.15, 0.2) is 40.2 Å². The van der Waals surface area contributed by atoms with Crippen LogP contribution in [0.3, 0.4) is 0 Å². The van der Waals surface area contributed by atoms with Gasteiger partial charge >= 0.3 is 0 Å². The average molecular weight is 296 g/mol. The monoisotopic (exact) mass is 295 g/mol. The van der Waals surface area contributed by atoms with E-state index in [0.29, 0.717) is 6.04 Å². The van der Waals surface area contributed by atoms with Crippen LogP contribution in [0, 0.1) is 6.92 Å². The van der Waals surface area contributed by atoms with Crippen LogP contribution in [0.5, 0.6) is 0 Å². The van der Waals surface area contributed by atoms with Gasteiger partial charge in [-0.1, -0.05) is 28.1 Å². The van der Waals surface area contributed by atoms with Crippen molar-refractivity contribution in [3.8, 4) is 0 Å². The summed E-state index contributed by atoms with van der Waals surface area (Å²) in [5.74, 6) is 0. The molecule has 0 aliphatic rings. The Morgan fingerprint density at radius 3 is 2.75 bits per heavy atom. The van der Waals surface area contributed by atoms with Gasteiger partial charge in [0.2, 0.25) is 0 Å². The second-order valence-corrected chi connectivity index (χ2v) is 5.63. The van der Waals surface area contributed by atoms with Crippen molar-refractivity contribution in [2.24, 2.45) is 0 Å². The Bertz CT molecular complexity index is 465. The zero-order valence-electron chi connectivity index (χ0n) is 9.33. The van der Waals surface area contributed by atoms with Gasteiger partial charge in [0.05, 0.1) is 6.04 Å². The first-order valence-electron chi connectivity index (χ1n) is 5.23. The van der Waals surface area contributed by atoms with E-state index >= 15 is 0 Å². The van der Waals surface area contributed by atoms with Gasteiger partial charge in [0.1, 0.15) is 0 Å². The van der Waals surface area contributed by atoms with Crippen molar-refractivity contribution in [2.75, 3.05) is 5.32 Å². The van der Waals surface area contributed by atoms with Gasteiger partial charge < -0.3 is 5.32 Å². The molecule has 1 atom stereocenters. The Labute approximate surface area is 109 Å². The Morgan fingerprint density at radius 1 is 1.25 bits per heavy atom. The highest BCUT2D eigenvalue weighted by Crippen LogP contribution is 2.28. The quantitative estimate of drug-likeness (QED) is 0.841. The summed E-state index contributed by atoms with van der Waals surface area (Å²) in [7, 11) is 0. The summed E-state index contributed by atoms with van der Waals surface area (Å²) in [5, 5.41) is 5.65. The molecule has 0 spiro atoms. The zero-order chi connectivity index (χ0) is 11.5. The molecule has 1 nitrogen and oxygen atoms in total. The van der Waals surface area contributed by atoms with Gasteiger partial charge in [0, 0.05) is 15.0 Å². The van der Waals surface area contributed by atoms with Gasteiger partial charge in [0.15, 0.2) is 0 Å². The fourth-order valence-corrected chi connectivity index (χ4v) is 2.71. The van der Waals surface area contributed by atoms with E-state index in [4.69, 9.17) is 0 Å². The molecule has 0 saturated carbocycles. The summed E-state index contributed by atoms with van der Waals surface area (Å²) in [6, 6.07) is 10.8. The van der Waals surface area contributed by atoms with E-state index in [1.165, 1.54) is 16.1 Å². The van der Waals surface area contributed by atoms with Gasteiger partial charge in [-0.3, -0.25) is 0 Å². The largest absolute Gasteiger partial charge is 0.377 e. The van der Waals surface area contributed by atoms with E-state index in [9.17, 15) is 0 Å². The second kappa shape index (κ2) is 5.02. The lowest BCUT2D eigenvalue weighted by Gasteiger charge is -2.16. The van der Waals surface area contributed by atoms with Crippen LogP contribution in [0.2, 0.25) is 0 Å². The van der Waals surface area contributed by atoms with Crippen LogP contribution in [-0.4, -0.2) is 0 Å². The van der Waals surface area contributed by atoms with Crippen LogP contribution in [0.1, 0.15) is 23.4 Å². The normalized spacial score (nSPS) is 12.4. The Morgan fingerprint density at radius 2 is 2.06 bits per heavy atom. The third kappa shape index (κ3) is 2.47. The van der Waals surface area contributed by atoms with E-state index in [1.54, 1.807) is 11.3 Å². The Balaban J connectivity index is 2.18. The number of hydrogen-bond donors (Lipinski definition) is 1. The second-order valence-electron chi connectivity index (χ2n) is 3.79. The Kier molecular flexibility index (Phi) is 3.66. The molecule has 1 aromatic carbocycles. The average Bonchev–Trinajstić information content (AvgIpc) is 2.78. The lowest BCUT2D eigenvalue weighted by molar-refractivity contribution is 0.905. The molecule has 1 heterocycles. The predicted molar refractivity (Wildman–Crippen MR) is 75.2 cm³/mol. The minimum atomic E-state index is 0.355. The molecule has 1 unspecified atom stereocenters. The standard InChI is InChI=1S/C13H14BrNS/c1-9-11(14)5-3-6-12(9)15-10(2)13-7-4-8-16-13/h3-8,10,15H,1-2H3. The van der Waals surface area contributed by atoms with Gasteiger partial charge in [-0.05, 0) is 43.0 Å². The maximum absolute atomic E-state index is 3.55. The number of hydrogen-bond acceptors (Lipinski definition) is 2. The summed E-state index contributed by atoms with van der Waals surface area (Å²) < 4.78 is 1.15. The smallest absolute Gasteiger partial charge is 0.0578 e. The lowest BCUT2D eigenvalue weighted by atomic mass is 10.1. The minimum absolute atomic E-state index is 0.355.